The highest BCUT2D eigenvalue weighted by Crippen LogP contribution is 2.40. The fourth-order valence-electron chi connectivity index (χ4n) is 2.02. The molecule has 3 N–H and O–H groups in total. The van der Waals surface area contributed by atoms with E-state index in [9.17, 15) is 4.79 Å². The van der Waals surface area contributed by atoms with Gasteiger partial charge in [-0.05, 0) is 38.1 Å². The molecule has 0 saturated heterocycles. The smallest absolute Gasteiger partial charge is 0.240 e. The standard InChI is InChI=1S/C13H26N2O2/c1-5-15-13(12(14)16,11-6-7-11)8-17-10(4)9(2)3/h9-11,15H,5-8H2,1-4H3,(H2,14,16). The molecule has 1 aliphatic rings. The van der Waals surface area contributed by atoms with Crippen molar-refractivity contribution < 1.29 is 9.53 Å². The SMILES string of the molecule is CCNC(COC(C)C(C)C)(C(N)=O)C1CC1. The van der Waals surface area contributed by atoms with E-state index < -0.39 is 5.54 Å². The number of carbonyl (C=O) groups is 1. The molecule has 0 aromatic carbocycles. The second kappa shape index (κ2) is 5.83. The normalized spacial score (nSPS) is 21.2. The number of rotatable bonds is 8. The highest BCUT2D eigenvalue weighted by Gasteiger charge is 2.49. The minimum absolute atomic E-state index is 0.145. The average Bonchev–Trinajstić information content (AvgIpc) is 3.07. The molecule has 1 saturated carbocycles. The number of hydrogen-bond acceptors (Lipinski definition) is 3. The summed E-state index contributed by atoms with van der Waals surface area (Å²) < 4.78 is 5.82. The molecule has 1 fully saturated rings. The fourth-order valence-corrected chi connectivity index (χ4v) is 2.02. The van der Waals surface area contributed by atoms with E-state index in [1.165, 1.54) is 0 Å². The summed E-state index contributed by atoms with van der Waals surface area (Å²) in [5.41, 5.74) is 4.92. The van der Waals surface area contributed by atoms with Crippen LogP contribution in [-0.2, 0) is 9.53 Å². The molecule has 0 aliphatic heterocycles. The lowest BCUT2D eigenvalue weighted by atomic mass is 9.93. The van der Waals surface area contributed by atoms with Crippen molar-refractivity contribution in [1.29, 1.82) is 0 Å². The van der Waals surface area contributed by atoms with Crippen molar-refractivity contribution in [2.45, 2.75) is 52.2 Å². The van der Waals surface area contributed by atoms with E-state index in [-0.39, 0.29) is 12.0 Å². The molecule has 0 bridgehead atoms. The summed E-state index contributed by atoms with van der Waals surface area (Å²) in [6.45, 7) is 9.38. The van der Waals surface area contributed by atoms with Gasteiger partial charge in [0.15, 0.2) is 0 Å². The van der Waals surface area contributed by atoms with E-state index in [2.05, 4.69) is 19.2 Å². The predicted molar refractivity (Wildman–Crippen MR) is 68.6 cm³/mol. The van der Waals surface area contributed by atoms with E-state index in [0.29, 0.717) is 18.4 Å². The molecule has 2 unspecified atom stereocenters. The van der Waals surface area contributed by atoms with Gasteiger partial charge in [-0.2, -0.15) is 0 Å². The third-order valence-electron chi connectivity index (χ3n) is 3.72. The Kier molecular flexibility index (Phi) is 4.95. The molecule has 0 heterocycles. The second-order valence-electron chi connectivity index (χ2n) is 5.40. The Hall–Kier alpha value is -0.610. The first kappa shape index (κ1) is 14.5. The summed E-state index contributed by atoms with van der Waals surface area (Å²) in [6.07, 6.45) is 2.27. The van der Waals surface area contributed by atoms with Gasteiger partial charge in [0.1, 0.15) is 5.54 Å². The lowest BCUT2D eigenvalue weighted by molar-refractivity contribution is -0.130. The molecule has 0 radical (unpaired) electrons. The first-order valence-electron chi connectivity index (χ1n) is 6.60. The van der Waals surface area contributed by atoms with Crippen molar-refractivity contribution in [3.8, 4) is 0 Å². The summed E-state index contributed by atoms with van der Waals surface area (Å²) in [5.74, 6) is 0.513. The Balaban J connectivity index is 2.65. The Bertz CT molecular complexity index is 264. The minimum Gasteiger partial charge on any atom is -0.376 e. The van der Waals surface area contributed by atoms with Gasteiger partial charge in [0.05, 0.1) is 12.7 Å². The van der Waals surface area contributed by atoms with Crippen LogP contribution in [0.3, 0.4) is 0 Å². The van der Waals surface area contributed by atoms with E-state index in [0.717, 1.165) is 19.4 Å². The lowest BCUT2D eigenvalue weighted by Gasteiger charge is -2.33. The zero-order valence-electron chi connectivity index (χ0n) is 11.5. The zero-order chi connectivity index (χ0) is 13.1. The van der Waals surface area contributed by atoms with Crippen LogP contribution in [0.4, 0.5) is 0 Å². The van der Waals surface area contributed by atoms with Crippen molar-refractivity contribution >= 4 is 5.91 Å². The largest absolute Gasteiger partial charge is 0.376 e. The first-order valence-corrected chi connectivity index (χ1v) is 6.60. The molecule has 0 aromatic heterocycles. The quantitative estimate of drug-likeness (QED) is 0.674. The second-order valence-corrected chi connectivity index (χ2v) is 5.40. The molecule has 0 spiro atoms. The third-order valence-corrected chi connectivity index (χ3v) is 3.72. The number of amides is 1. The summed E-state index contributed by atoms with van der Waals surface area (Å²) in [5, 5.41) is 3.25. The molecular formula is C13H26N2O2. The molecule has 2 atom stereocenters. The summed E-state index contributed by atoms with van der Waals surface area (Å²) in [4.78, 5) is 11.8. The van der Waals surface area contributed by atoms with Gasteiger partial charge in [-0.3, -0.25) is 4.79 Å². The van der Waals surface area contributed by atoms with E-state index in [4.69, 9.17) is 10.5 Å². The van der Waals surface area contributed by atoms with Gasteiger partial charge in [0.25, 0.3) is 0 Å². The van der Waals surface area contributed by atoms with Gasteiger partial charge in [0, 0.05) is 0 Å². The maximum atomic E-state index is 11.8. The highest BCUT2D eigenvalue weighted by molar-refractivity contribution is 5.85. The van der Waals surface area contributed by atoms with Crippen LogP contribution in [0.15, 0.2) is 0 Å². The van der Waals surface area contributed by atoms with Crippen LogP contribution in [0.1, 0.15) is 40.5 Å². The van der Waals surface area contributed by atoms with Crippen molar-refractivity contribution in [3.05, 3.63) is 0 Å². The lowest BCUT2D eigenvalue weighted by Crippen LogP contribution is -2.60. The van der Waals surface area contributed by atoms with Gasteiger partial charge < -0.3 is 15.8 Å². The highest BCUT2D eigenvalue weighted by atomic mass is 16.5. The Labute approximate surface area is 104 Å². The third kappa shape index (κ3) is 3.42. The number of likely N-dealkylation sites (N-methyl/N-ethyl adjacent to an activating group) is 1. The van der Waals surface area contributed by atoms with Crippen molar-refractivity contribution in [2.24, 2.45) is 17.6 Å². The predicted octanol–water partition coefficient (Wildman–Crippen LogP) is 1.29. The van der Waals surface area contributed by atoms with Crippen LogP contribution < -0.4 is 11.1 Å². The number of nitrogens with two attached hydrogens (primary N) is 1. The van der Waals surface area contributed by atoms with Gasteiger partial charge in [-0.25, -0.2) is 0 Å². The van der Waals surface area contributed by atoms with Gasteiger partial charge in [-0.1, -0.05) is 20.8 Å². The topological polar surface area (TPSA) is 64.3 Å². The van der Waals surface area contributed by atoms with Crippen LogP contribution >= 0.6 is 0 Å². The van der Waals surface area contributed by atoms with Crippen LogP contribution in [0.5, 0.6) is 0 Å². The van der Waals surface area contributed by atoms with Gasteiger partial charge >= 0.3 is 0 Å². The number of primary amides is 1. The van der Waals surface area contributed by atoms with Crippen molar-refractivity contribution in [3.63, 3.8) is 0 Å². The molecule has 1 aliphatic carbocycles. The minimum atomic E-state index is -0.655. The number of carbonyl (C=O) groups excluding carboxylic acids is 1. The van der Waals surface area contributed by atoms with E-state index >= 15 is 0 Å². The fraction of sp³-hybridized carbons (Fsp3) is 0.923. The van der Waals surface area contributed by atoms with Gasteiger partial charge in [0.2, 0.25) is 5.91 Å². The molecule has 100 valence electrons. The zero-order valence-corrected chi connectivity index (χ0v) is 11.5. The van der Waals surface area contributed by atoms with E-state index in [1.54, 1.807) is 0 Å². The summed E-state index contributed by atoms with van der Waals surface area (Å²) in [6, 6.07) is 0. The number of ether oxygens (including phenoxy) is 1. The molecule has 1 amide bonds. The molecule has 17 heavy (non-hydrogen) atoms. The monoisotopic (exact) mass is 242 g/mol. The van der Waals surface area contributed by atoms with Crippen molar-refractivity contribution in [2.75, 3.05) is 13.2 Å². The Morgan fingerprint density at radius 3 is 2.41 bits per heavy atom. The number of hydrogen-bond donors (Lipinski definition) is 2. The van der Waals surface area contributed by atoms with Gasteiger partial charge in [-0.15, -0.1) is 0 Å². The summed E-state index contributed by atoms with van der Waals surface area (Å²) >= 11 is 0. The maximum Gasteiger partial charge on any atom is 0.240 e. The number of nitrogens with one attached hydrogen (secondary N) is 1. The van der Waals surface area contributed by atoms with Crippen molar-refractivity contribution in [1.82, 2.24) is 5.32 Å². The first-order chi connectivity index (χ1) is 7.94. The molecule has 4 nitrogen and oxygen atoms in total. The summed E-state index contributed by atoms with van der Waals surface area (Å²) in [7, 11) is 0. The van der Waals surface area contributed by atoms with Crippen LogP contribution in [-0.4, -0.2) is 30.7 Å². The maximum absolute atomic E-state index is 11.8. The average molecular weight is 242 g/mol. The Morgan fingerprint density at radius 2 is 2.06 bits per heavy atom. The van der Waals surface area contributed by atoms with Crippen LogP contribution in [0, 0.1) is 11.8 Å². The Morgan fingerprint density at radius 1 is 1.47 bits per heavy atom. The molecule has 4 heteroatoms. The van der Waals surface area contributed by atoms with Crippen LogP contribution in [0.2, 0.25) is 0 Å². The molecule has 1 rings (SSSR count). The molecular weight excluding hydrogens is 216 g/mol. The van der Waals surface area contributed by atoms with E-state index in [1.807, 2.05) is 13.8 Å². The molecule has 0 aromatic rings. The van der Waals surface area contributed by atoms with Crippen LogP contribution in [0.25, 0.3) is 0 Å².